The highest BCUT2D eigenvalue weighted by molar-refractivity contribution is 5.93. The molecule has 1 N–H and O–H groups in total. The van der Waals surface area contributed by atoms with Crippen LogP contribution in [0.25, 0.3) is 16.6 Å². The van der Waals surface area contributed by atoms with Crippen molar-refractivity contribution in [2.75, 3.05) is 31.6 Å². The molecule has 1 aliphatic rings. The maximum atomic E-state index is 13.4. The second kappa shape index (κ2) is 12.7. The highest BCUT2D eigenvalue weighted by Gasteiger charge is 2.13. The number of nitrogens with one attached hydrogen (secondary N) is 1. The first kappa shape index (κ1) is 25.9. The van der Waals surface area contributed by atoms with Crippen molar-refractivity contribution in [1.29, 1.82) is 0 Å². The van der Waals surface area contributed by atoms with Gasteiger partial charge in [-0.25, -0.2) is 4.98 Å². The van der Waals surface area contributed by atoms with Gasteiger partial charge in [0.25, 0.3) is 5.56 Å². The predicted octanol–water partition coefficient (Wildman–Crippen LogP) is 5.47. The number of aromatic nitrogens is 2. The number of carbonyl (C=O) groups excluding carboxylic acids is 1. The summed E-state index contributed by atoms with van der Waals surface area (Å²) in [6, 6.07) is 12.9. The largest absolute Gasteiger partial charge is 0.494 e. The lowest BCUT2D eigenvalue weighted by atomic mass is 10.1. The van der Waals surface area contributed by atoms with Crippen molar-refractivity contribution in [3.8, 4) is 11.4 Å². The molecule has 0 radical (unpaired) electrons. The van der Waals surface area contributed by atoms with Crippen LogP contribution in [0.5, 0.6) is 5.75 Å². The van der Waals surface area contributed by atoms with Gasteiger partial charge < -0.3 is 15.0 Å². The summed E-state index contributed by atoms with van der Waals surface area (Å²) in [4.78, 5) is 32.8. The molecule has 0 saturated carbocycles. The number of ether oxygens (including phenoxy) is 1. The molecule has 0 unspecified atom stereocenters. The fraction of sp³-hybridized carbons (Fsp3) is 0.483. The minimum absolute atomic E-state index is 0.0327. The van der Waals surface area contributed by atoms with Crippen molar-refractivity contribution in [3.05, 3.63) is 58.6 Å². The molecule has 1 aromatic heterocycles. The Labute approximate surface area is 213 Å². The number of nitrogens with zero attached hydrogens (tertiary/aromatic N) is 3. The molecule has 7 nitrogen and oxygen atoms in total. The van der Waals surface area contributed by atoms with Gasteiger partial charge in [-0.2, -0.15) is 0 Å². The average molecular weight is 491 g/mol. The van der Waals surface area contributed by atoms with E-state index in [1.54, 1.807) is 22.8 Å². The number of anilines is 1. The zero-order valence-corrected chi connectivity index (χ0v) is 21.6. The van der Waals surface area contributed by atoms with Crippen molar-refractivity contribution >= 4 is 22.5 Å². The number of benzene rings is 2. The monoisotopic (exact) mass is 490 g/mol. The zero-order valence-electron chi connectivity index (χ0n) is 21.6. The van der Waals surface area contributed by atoms with Crippen molar-refractivity contribution in [2.45, 2.75) is 65.2 Å². The standard InChI is InChI=1S/C29H38N4O3/c1-3-4-6-10-28(34)31-23-11-16-27-26(21-23)29(35)33(22(2)30-27)24-12-14-25(15-13-24)36-20-9-19-32-17-7-5-8-18-32/h11-16,21H,3-10,17-20H2,1-2H3,(H,31,34). The molecule has 0 aliphatic carbocycles. The first-order valence-electron chi connectivity index (χ1n) is 13.3. The molecule has 7 heteroatoms. The van der Waals surface area contributed by atoms with E-state index in [0.29, 0.717) is 35.4 Å². The Morgan fingerprint density at radius 2 is 1.81 bits per heavy atom. The molecule has 36 heavy (non-hydrogen) atoms. The van der Waals surface area contributed by atoms with Crippen LogP contribution in [0.3, 0.4) is 0 Å². The number of fused-ring (bicyclic) bond motifs is 1. The smallest absolute Gasteiger partial charge is 0.266 e. The maximum Gasteiger partial charge on any atom is 0.266 e. The number of piperidine rings is 1. The van der Waals surface area contributed by atoms with Gasteiger partial charge in [-0.1, -0.05) is 26.2 Å². The third kappa shape index (κ3) is 6.72. The van der Waals surface area contributed by atoms with Gasteiger partial charge in [-0.05, 0) is 88.2 Å². The van der Waals surface area contributed by atoms with E-state index >= 15 is 0 Å². The highest BCUT2D eigenvalue weighted by atomic mass is 16.5. The van der Waals surface area contributed by atoms with Crippen LogP contribution in [0.15, 0.2) is 47.3 Å². The van der Waals surface area contributed by atoms with E-state index in [2.05, 4.69) is 22.1 Å². The molecule has 1 saturated heterocycles. The van der Waals surface area contributed by atoms with Gasteiger partial charge in [0, 0.05) is 18.7 Å². The van der Waals surface area contributed by atoms with Gasteiger partial charge in [-0.3, -0.25) is 14.2 Å². The van der Waals surface area contributed by atoms with E-state index < -0.39 is 0 Å². The maximum absolute atomic E-state index is 13.4. The molecule has 1 fully saturated rings. The number of unbranched alkanes of at least 4 members (excludes halogenated alkanes) is 2. The molecule has 2 heterocycles. The Balaban J connectivity index is 1.43. The zero-order chi connectivity index (χ0) is 25.3. The Morgan fingerprint density at radius 3 is 2.56 bits per heavy atom. The lowest BCUT2D eigenvalue weighted by Gasteiger charge is -2.26. The second-order valence-electron chi connectivity index (χ2n) is 9.64. The minimum atomic E-state index is -0.158. The van der Waals surface area contributed by atoms with Gasteiger partial charge in [0.15, 0.2) is 0 Å². The lowest BCUT2D eigenvalue weighted by molar-refractivity contribution is -0.116. The quantitative estimate of drug-likeness (QED) is 0.361. The van der Waals surface area contributed by atoms with Gasteiger partial charge in [-0.15, -0.1) is 0 Å². The summed E-state index contributed by atoms with van der Waals surface area (Å²) >= 11 is 0. The Morgan fingerprint density at radius 1 is 1.03 bits per heavy atom. The summed E-state index contributed by atoms with van der Waals surface area (Å²) in [6.45, 7) is 8.11. The van der Waals surface area contributed by atoms with Crippen LogP contribution < -0.4 is 15.6 Å². The summed E-state index contributed by atoms with van der Waals surface area (Å²) in [6.07, 6.45) is 8.41. The van der Waals surface area contributed by atoms with Crippen molar-refractivity contribution in [2.24, 2.45) is 0 Å². The van der Waals surface area contributed by atoms with Crippen molar-refractivity contribution < 1.29 is 9.53 Å². The van der Waals surface area contributed by atoms with Crippen molar-refractivity contribution in [1.82, 2.24) is 14.5 Å². The van der Waals surface area contributed by atoms with Crippen LogP contribution in [0.2, 0.25) is 0 Å². The third-order valence-corrected chi connectivity index (χ3v) is 6.76. The molecule has 0 atom stereocenters. The van der Waals surface area contributed by atoms with E-state index in [-0.39, 0.29) is 11.5 Å². The van der Waals surface area contributed by atoms with Crippen LogP contribution in [0.1, 0.15) is 64.1 Å². The average Bonchev–Trinajstić information content (AvgIpc) is 2.89. The molecule has 2 aromatic carbocycles. The first-order chi connectivity index (χ1) is 17.5. The van der Waals surface area contributed by atoms with Gasteiger partial charge >= 0.3 is 0 Å². The van der Waals surface area contributed by atoms with Gasteiger partial charge in [0.1, 0.15) is 11.6 Å². The summed E-state index contributed by atoms with van der Waals surface area (Å²) in [5.41, 5.74) is 1.81. The fourth-order valence-corrected chi connectivity index (χ4v) is 4.79. The fourth-order valence-electron chi connectivity index (χ4n) is 4.79. The molecule has 0 spiro atoms. The Bertz CT molecular complexity index is 1210. The molecule has 1 amide bonds. The Hall–Kier alpha value is -3.19. The SMILES string of the molecule is CCCCCC(=O)Nc1ccc2nc(C)n(-c3ccc(OCCCN4CCCCC4)cc3)c(=O)c2c1. The third-order valence-electron chi connectivity index (χ3n) is 6.76. The number of rotatable bonds is 11. The molecule has 1 aliphatic heterocycles. The second-order valence-corrected chi connectivity index (χ2v) is 9.64. The lowest BCUT2D eigenvalue weighted by Crippen LogP contribution is -2.31. The van der Waals surface area contributed by atoms with E-state index in [1.807, 2.05) is 31.2 Å². The van der Waals surface area contributed by atoms with Crippen LogP contribution in [-0.4, -0.2) is 46.6 Å². The summed E-state index contributed by atoms with van der Waals surface area (Å²) in [7, 11) is 0. The number of aryl methyl sites for hydroxylation is 1. The predicted molar refractivity (Wildman–Crippen MR) is 145 cm³/mol. The molecular weight excluding hydrogens is 452 g/mol. The number of carbonyl (C=O) groups is 1. The van der Waals surface area contributed by atoms with E-state index in [0.717, 1.165) is 43.7 Å². The Kier molecular flexibility index (Phi) is 9.11. The van der Waals surface area contributed by atoms with Crippen LogP contribution in [0, 0.1) is 6.92 Å². The molecule has 0 bridgehead atoms. The van der Waals surface area contributed by atoms with Crippen LogP contribution in [-0.2, 0) is 4.79 Å². The normalized spacial score (nSPS) is 14.2. The van der Waals surface area contributed by atoms with Crippen molar-refractivity contribution in [3.63, 3.8) is 0 Å². The summed E-state index contributed by atoms with van der Waals surface area (Å²) < 4.78 is 7.54. The molecule has 192 valence electrons. The van der Waals surface area contributed by atoms with E-state index in [1.165, 1.54) is 32.4 Å². The van der Waals surface area contributed by atoms with Crippen LogP contribution in [0.4, 0.5) is 5.69 Å². The topological polar surface area (TPSA) is 76.5 Å². The minimum Gasteiger partial charge on any atom is -0.494 e. The number of amides is 1. The van der Waals surface area contributed by atoms with Crippen LogP contribution >= 0.6 is 0 Å². The van der Waals surface area contributed by atoms with E-state index in [9.17, 15) is 9.59 Å². The van der Waals surface area contributed by atoms with E-state index in [4.69, 9.17) is 4.74 Å². The summed E-state index contributed by atoms with van der Waals surface area (Å²) in [5, 5.41) is 3.39. The first-order valence-corrected chi connectivity index (χ1v) is 13.3. The summed E-state index contributed by atoms with van der Waals surface area (Å²) in [5.74, 6) is 1.37. The highest BCUT2D eigenvalue weighted by Crippen LogP contribution is 2.20. The number of hydrogen-bond donors (Lipinski definition) is 1. The molecule has 3 aromatic rings. The number of likely N-dealkylation sites (tertiary alicyclic amines) is 1. The van der Waals surface area contributed by atoms with Gasteiger partial charge in [0.05, 0.1) is 23.2 Å². The number of hydrogen-bond acceptors (Lipinski definition) is 5. The molecular formula is C29H38N4O3. The van der Waals surface area contributed by atoms with Gasteiger partial charge in [0.2, 0.25) is 5.91 Å². The molecule has 4 rings (SSSR count).